The summed E-state index contributed by atoms with van der Waals surface area (Å²) < 4.78 is 45.1. The summed E-state index contributed by atoms with van der Waals surface area (Å²) in [5.74, 6) is 1.43. The molecule has 328 valence electrons. The molecule has 0 bridgehead atoms. The van der Waals surface area contributed by atoms with E-state index in [2.05, 4.69) is 141 Å². The van der Waals surface area contributed by atoms with E-state index < -0.39 is 11.7 Å². The first-order valence-electron chi connectivity index (χ1n) is 22.6. The summed E-state index contributed by atoms with van der Waals surface area (Å²) in [5, 5.41) is 2.09. The number of aromatic nitrogens is 4. The number of hydrogen-bond acceptors (Lipinski definition) is 3. The molecule has 7 heteroatoms. The fourth-order valence-corrected chi connectivity index (χ4v) is 9.35. The highest BCUT2D eigenvalue weighted by atomic mass is 19.4. The zero-order valence-corrected chi connectivity index (χ0v) is 37.6. The molecule has 0 unspecified atom stereocenters. The second-order valence-electron chi connectivity index (χ2n) is 17.3. The van der Waals surface area contributed by atoms with Crippen LogP contribution in [0.1, 0.15) is 22.3 Å². The minimum atomic E-state index is -4.51. The first-order chi connectivity index (χ1) is 33.1. The molecule has 4 nitrogen and oxygen atoms in total. The Hall–Kier alpha value is -8.42. The maximum absolute atomic E-state index is 14.3. The van der Waals surface area contributed by atoms with E-state index in [0.29, 0.717) is 34.2 Å². The number of nitrogens with zero attached hydrogens (tertiary/aromatic N) is 4. The highest BCUT2D eigenvalue weighted by Crippen LogP contribution is 2.46. The van der Waals surface area contributed by atoms with Crippen LogP contribution in [0, 0.1) is 20.8 Å². The molecule has 2 aromatic heterocycles. The third-order valence-corrected chi connectivity index (χ3v) is 12.9. The normalized spacial score (nSPS) is 11.7. The van der Waals surface area contributed by atoms with E-state index in [9.17, 15) is 13.2 Å². The topological polar surface area (TPSA) is 43.6 Å². The number of alkyl halides is 3. The molecule has 0 saturated heterocycles. The predicted molar refractivity (Wildman–Crippen MR) is 271 cm³/mol. The maximum Gasteiger partial charge on any atom is 0.416 e. The van der Waals surface area contributed by atoms with Crippen LogP contribution in [-0.4, -0.2) is 19.5 Å². The Labute approximate surface area is 392 Å². The molecule has 0 radical (unpaired) electrons. The van der Waals surface area contributed by atoms with Crippen molar-refractivity contribution >= 4 is 21.8 Å². The molecule has 68 heavy (non-hydrogen) atoms. The highest BCUT2D eigenvalue weighted by Gasteiger charge is 2.31. The molecule has 0 aliphatic carbocycles. The monoisotopic (exact) mass is 888 g/mol. The van der Waals surface area contributed by atoms with Crippen molar-refractivity contribution < 1.29 is 13.2 Å². The molecule has 0 atom stereocenters. The summed E-state index contributed by atoms with van der Waals surface area (Å²) in [6.07, 6.45) is -4.51. The predicted octanol–water partition coefficient (Wildman–Crippen LogP) is 16.6. The molecule has 0 aliphatic rings. The van der Waals surface area contributed by atoms with Crippen molar-refractivity contribution in [2.75, 3.05) is 0 Å². The van der Waals surface area contributed by atoms with E-state index in [1.165, 1.54) is 11.1 Å². The minimum Gasteiger partial charge on any atom is -0.308 e. The molecule has 0 fully saturated rings. The van der Waals surface area contributed by atoms with Crippen molar-refractivity contribution in [1.82, 2.24) is 19.5 Å². The van der Waals surface area contributed by atoms with Gasteiger partial charge in [-0.3, -0.25) is 0 Å². The maximum atomic E-state index is 14.3. The molecule has 0 saturated carbocycles. The van der Waals surface area contributed by atoms with Gasteiger partial charge in [0.25, 0.3) is 0 Å². The van der Waals surface area contributed by atoms with Gasteiger partial charge >= 0.3 is 6.18 Å². The lowest BCUT2D eigenvalue weighted by Crippen LogP contribution is -2.05. The Morgan fingerprint density at radius 1 is 0.353 bits per heavy atom. The number of halogens is 3. The number of aryl methyl sites for hydroxylation is 3. The van der Waals surface area contributed by atoms with Gasteiger partial charge in [-0.2, -0.15) is 13.2 Å². The van der Waals surface area contributed by atoms with Gasteiger partial charge in [0, 0.05) is 38.6 Å². The molecule has 11 aromatic rings. The van der Waals surface area contributed by atoms with E-state index >= 15 is 0 Å². The summed E-state index contributed by atoms with van der Waals surface area (Å²) in [4.78, 5) is 15.2. The fourth-order valence-electron chi connectivity index (χ4n) is 9.35. The lowest BCUT2D eigenvalue weighted by molar-refractivity contribution is -0.137. The Bertz CT molecular complexity index is 3510. The summed E-state index contributed by atoms with van der Waals surface area (Å²) in [7, 11) is 0. The molecule has 0 amide bonds. The fraction of sp³-hybridized carbons (Fsp3) is 0.0656. The third-order valence-electron chi connectivity index (χ3n) is 12.9. The zero-order valence-electron chi connectivity index (χ0n) is 37.6. The van der Waals surface area contributed by atoms with Crippen LogP contribution >= 0.6 is 0 Å². The van der Waals surface area contributed by atoms with Gasteiger partial charge in [-0.25, -0.2) is 15.0 Å². The minimum absolute atomic E-state index is 0.429. The molecular weight excluding hydrogens is 846 g/mol. The highest BCUT2D eigenvalue weighted by molar-refractivity contribution is 6.13. The van der Waals surface area contributed by atoms with Crippen molar-refractivity contribution in [2.24, 2.45) is 0 Å². The largest absolute Gasteiger partial charge is 0.416 e. The van der Waals surface area contributed by atoms with Crippen LogP contribution in [0.2, 0.25) is 0 Å². The first kappa shape index (κ1) is 42.2. The summed E-state index contributed by atoms with van der Waals surface area (Å²) in [6, 6.07) is 67.6. The van der Waals surface area contributed by atoms with E-state index in [-0.39, 0.29) is 0 Å². The Morgan fingerprint density at radius 3 is 1.19 bits per heavy atom. The Morgan fingerprint density at radius 2 is 0.750 bits per heavy atom. The second-order valence-corrected chi connectivity index (χ2v) is 17.3. The summed E-state index contributed by atoms with van der Waals surface area (Å²) >= 11 is 0. The van der Waals surface area contributed by atoms with Gasteiger partial charge < -0.3 is 4.57 Å². The lowest BCUT2D eigenvalue weighted by atomic mass is 9.91. The van der Waals surface area contributed by atoms with Crippen molar-refractivity contribution in [3.8, 4) is 84.4 Å². The van der Waals surface area contributed by atoms with Gasteiger partial charge in [0.05, 0.1) is 22.3 Å². The molecule has 0 spiro atoms. The lowest BCUT2D eigenvalue weighted by Gasteiger charge is -2.21. The molecule has 0 N–H and O–H groups in total. The van der Waals surface area contributed by atoms with Crippen molar-refractivity contribution in [3.63, 3.8) is 0 Å². The van der Waals surface area contributed by atoms with Crippen LogP contribution in [0.3, 0.4) is 0 Å². The quantitative estimate of drug-likeness (QED) is 0.153. The number of hydrogen-bond donors (Lipinski definition) is 0. The molecule has 0 aliphatic heterocycles. The smallest absolute Gasteiger partial charge is 0.308 e. The average molecular weight is 889 g/mol. The summed E-state index contributed by atoms with van der Waals surface area (Å²) in [6.45, 7) is 6.31. The first-order valence-corrected chi connectivity index (χ1v) is 22.6. The third kappa shape index (κ3) is 7.81. The van der Waals surface area contributed by atoms with E-state index in [0.717, 1.165) is 89.7 Å². The second kappa shape index (κ2) is 17.1. The Balaban J connectivity index is 1.26. The van der Waals surface area contributed by atoms with Crippen molar-refractivity contribution in [3.05, 3.63) is 229 Å². The van der Waals surface area contributed by atoms with E-state index in [1.807, 2.05) is 66.7 Å². The standard InChI is InChI=1S/C61H43F3N4/c1-38-22-24-41(25-23-38)51-36-47(60-66-58(43-16-6-4-7-17-43)65-59(67-60)44-18-8-5-9-19-44)37-52(42-26-30-48(31-27-42)61(62,63)64)57(51)68-55-32-28-45(49-20-12-10-14-39(49)2)34-53(55)54-35-46(29-33-56(54)68)50-21-13-11-15-40(50)3/h4-37H,1-3H3. The van der Waals surface area contributed by atoms with Crippen LogP contribution in [0.5, 0.6) is 0 Å². The SMILES string of the molecule is Cc1ccc(-c2cc(-c3nc(-c4ccccc4)nc(-c4ccccc4)n3)cc(-c3ccc(C(F)(F)F)cc3)c2-n2c3ccc(-c4ccccc4C)cc3c3cc(-c4ccccc4C)ccc32)cc1. The number of fused-ring (bicyclic) bond motifs is 3. The van der Waals surface area contributed by atoms with Gasteiger partial charge in [-0.05, 0) is 114 Å². The van der Waals surface area contributed by atoms with Gasteiger partial charge in [-0.1, -0.05) is 163 Å². The molecular formula is C61H43F3N4. The van der Waals surface area contributed by atoms with Gasteiger partial charge in [0.1, 0.15) is 0 Å². The van der Waals surface area contributed by atoms with Gasteiger partial charge in [0.15, 0.2) is 17.5 Å². The number of rotatable bonds is 8. The van der Waals surface area contributed by atoms with Crippen LogP contribution in [0.25, 0.3) is 106 Å². The van der Waals surface area contributed by atoms with Crippen LogP contribution in [0.4, 0.5) is 13.2 Å². The van der Waals surface area contributed by atoms with E-state index in [4.69, 9.17) is 15.0 Å². The van der Waals surface area contributed by atoms with Crippen molar-refractivity contribution in [2.45, 2.75) is 26.9 Å². The van der Waals surface area contributed by atoms with E-state index in [1.54, 1.807) is 12.1 Å². The summed E-state index contributed by atoms with van der Waals surface area (Å²) in [5.41, 5.74) is 15.3. The zero-order chi connectivity index (χ0) is 46.5. The van der Waals surface area contributed by atoms with Gasteiger partial charge in [0.2, 0.25) is 0 Å². The molecule has 9 aromatic carbocycles. The number of benzene rings is 9. The average Bonchev–Trinajstić information content (AvgIpc) is 3.69. The molecule has 2 heterocycles. The van der Waals surface area contributed by atoms with Gasteiger partial charge in [-0.15, -0.1) is 0 Å². The molecule has 11 rings (SSSR count). The van der Waals surface area contributed by atoms with Crippen LogP contribution in [-0.2, 0) is 6.18 Å². The Kier molecular flexibility index (Phi) is 10.6. The van der Waals surface area contributed by atoms with Crippen LogP contribution < -0.4 is 0 Å². The van der Waals surface area contributed by atoms with Crippen LogP contribution in [0.15, 0.2) is 206 Å². The van der Waals surface area contributed by atoms with Crippen molar-refractivity contribution in [1.29, 1.82) is 0 Å².